The molecule has 5 nitrogen and oxygen atoms in total. The summed E-state index contributed by atoms with van der Waals surface area (Å²) in [6.07, 6.45) is 4.15. The van der Waals surface area contributed by atoms with Crippen molar-refractivity contribution in [1.82, 2.24) is 15.2 Å². The van der Waals surface area contributed by atoms with Gasteiger partial charge in [-0.15, -0.1) is 0 Å². The summed E-state index contributed by atoms with van der Waals surface area (Å²) in [5.41, 5.74) is 2.82. The lowest BCUT2D eigenvalue weighted by Crippen LogP contribution is -2.50. The Morgan fingerprint density at radius 2 is 1.68 bits per heavy atom. The second-order valence-electron chi connectivity index (χ2n) is 7.29. The Morgan fingerprint density at radius 1 is 0.968 bits per heavy atom. The van der Waals surface area contributed by atoms with Crippen molar-refractivity contribution in [3.05, 3.63) is 101 Å². The average Bonchev–Trinajstić information content (AvgIpc) is 2.82. The zero-order valence-corrected chi connectivity index (χ0v) is 18.3. The molecule has 0 saturated heterocycles. The van der Waals surface area contributed by atoms with E-state index < -0.39 is 6.04 Å². The van der Waals surface area contributed by atoms with E-state index in [9.17, 15) is 9.59 Å². The standard InChI is InChI=1S/C25H26ClN3O2/c1-2-24(30)29(18-20-10-12-22(26)13-11-20)23(15-19-7-4-3-5-8-19)25(31)28-17-21-9-6-14-27-16-21/h3-14,16,23H,2,15,17-18H2,1H3,(H,28,31). The molecule has 1 N–H and O–H groups in total. The van der Waals surface area contributed by atoms with Crippen LogP contribution in [0.4, 0.5) is 0 Å². The Morgan fingerprint density at radius 3 is 2.32 bits per heavy atom. The minimum atomic E-state index is -0.637. The van der Waals surface area contributed by atoms with Crippen LogP contribution in [0, 0.1) is 0 Å². The van der Waals surface area contributed by atoms with Gasteiger partial charge in [0.05, 0.1) is 0 Å². The number of hydrogen-bond donors (Lipinski definition) is 1. The van der Waals surface area contributed by atoms with Crippen molar-refractivity contribution in [3.8, 4) is 0 Å². The first-order valence-electron chi connectivity index (χ1n) is 10.3. The Bertz CT molecular complexity index is 979. The number of aromatic nitrogens is 1. The fourth-order valence-corrected chi connectivity index (χ4v) is 3.48. The molecule has 2 aromatic carbocycles. The van der Waals surface area contributed by atoms with Gasteiger partial charge in [-0.25, -0.2) is 0 Å². The molecule has 0 aliphatic rings. The molecule has 0 bridgehead atoms. The molecule has 0 fully saturated rings. The van der Waals surface area contributed by atoms with Gasteiger partial charge < -0.3 is 10.2 Å². The monoisotopic (exact) mass is 435 g/mol. The fourth-order valence-electron chi connectivity index (χ4n) is 3.35. The molecule has 1 aromatic heterocycles. The van der Waals surface area contributed by atoms with Gasteiger partial charge in [0.25, 0.3) is 0 Å². The number of halogens is 1. The van der Waals surface area contributed by atoms with Crippen LogP contribution in [-0.4, -0.2) is 27.7 Å². The normalized spacial score (nSPS) is 11.5. The second-order valence-corrected chi connectivity index (χ2v) is 7.72. The zero-order valence-electron chi connectivity index (χ0n) is 17.5. The minimum absolute atomic E-state index is 0.0765. The first-order valence-corrected chi connectivity index (χ1v) is 10.7. The Kier molecular flexibility index (Phi) is 8.19. The van der Waals surface area contributed by atoms with Crippen LogP contribution in [-0.2, 0) is 29.1 Å². The summed E-state index contributed by atoms with van der Waals surface area (Å²) in [4.78, 5) is 31.9. The van der Waals surface area contributed by atoms with E-state index in [4.69, 9.17) is 11.6 Å². The first kappa shape index (κ1) is 22.5. The number of hydrogen-bond acceptors (Lipinski definition) is 3. The third-order valence-corrected chi connectivity index (χ3v) is 5.28. The fraction of sp³-hybridized carbons (Fsp3) is 0.240. The van der Waals surface area contributed by atoms with Crippen LogP contribution in [0.2, 0.25) is 5.02 Å². The van der Waals surface area contributed by atoms with Gasteiger partial charge >= 0.3 is 0 Å². The number of amides is 2. The predicted molar refractivity (Wildman–Crippen MR) is 122 cm³/mol. The lowest BCUT2D eigenvalue weighted by molar-refractivity contribution is -0.141. The third kappa shape index (κ3) is 6.66. The molecule has 0 spiro atoms. The molecular weight excluding hydrogens is 410 g/mol. The molecule has 2 amide bonds. The van der Waals surface area contributed by atoms with Crippen LogP contribution in [0.5, 0.6) is 0 Å². The number of rotatable bonds is 9. The summed E-state index contributed by atoms with van der Waals surface area (Å²) in [5, 5.41) is 3.61. The van der Waals surface area contributed by atoms with Crippen LogP contribution >= 0.6 is 11.6 Å². The Balaban J connectivity index is 1.85. The van der Waals surface area contributed by atoms with Gasteiger partial charge in [0.1, 0.15) is 6.04 Å². The summed E-state index contributed by atoms with van der Waals surface area (Å²) in [5.74, 6) is -0.268. The van der Waals surface area contributed by atoms with Crippen LogP contribution in [0.15, 0.2) is 79.1 Å². The number of benzene rings is 2. The molecule has 3 aromatic rings. The van der Waals surface area contributed by atoms with Gasteiger partial charge in [0.15, 0.2) is 0 Å². The van der Waals surface area contributed by atoms with Crippen molar-refractivity contribution in [2.45, 2.75) is 38.9 Å². The van der Waals surface area contributed by atoms with Gasteiger partial charge in [0, 0.05) is 43.3 Å². The highest BCUT2D eigenvalue weighted by Crippen LogP contribution is 2.17. The van der Waals surface area contributed by atoms with Gasteiger partial charge in [-0.3, -0.25) is 14.6 Å². The maximum absolute atomic E-state index is 13.3. The molecule has 3 rings (SSSR count). The van der Waals surface area contributed by atoms with E-state index in [2.05, 4.69) is 10.3 Å². The molecule has 6 heteroatoms. The van der Waals surface area contributed by atoms with E-state index in [-0.39, 0.29) is 11.8 Å². The predicted octanol–water partition coefficient (Wildman–Crippen LogP) is 4.40. The van der Waals surface area contributed by atoms with Crippen molar-refractivity contribution < 1.29 is 9.59 Å². The van der Waals surface area contributed by atoms with Gasteiger partial charge in [0.2, 0.25) is 11.8 Å². The molecule has 0 saturated carbocycles. The van der Waals surface area contributed by atoms with Gasteiger partial charge in [-0.05, 0) is 34.9 Å². The molecule has 1 atom stereocenters. The summed E-state index contributed by atoms with van der Waals surface area (Å²) in [6, 6.07) is 20.2. The van der Waals surface area contributed by atoms with Crippen molar-refractivity contribution in [3.63, 3.8) is 0 Å². The first-order chi connectivity index (χ1) is 15.1. The molecular formula is C25H26ClN3O2. The number of carbonyl (C=O) groups is 2. The van der Waals surface area contributed by atoms with Crippen molar-refractivity contribution >= 4 is 23.4 Å². The van der Waals surface area contributed by atoms with E-state index in [0.717, 1.165) is 16.7 Å². The molecule has 31 heavy (non-hydrogen) atoms. The van der Waals surface area contributed by atoms with Crippen molar-refractivity contribution in [1.29, 1.82) is 0 Å². The Hall–Kier alpha value is -3.18. The molecule has 0 aliphatic carbocycles. The Labute approximate surface area is 188 Å². The van der Waals surface area contributed by atoms with Crippen LogP contribution in [0.1, 0.15) is 30.0 Å². The van der Waals surface area contributed by atoms with Crippen LogP contribution in [0.3, 0.4) is 0 Å². The SMILES string of the molecule is CCC(=O)N(Cc1ccc(Cl)cc1)C(Cc1ccccc1)C(=O)NCc1cccnc1. The van der Waals surface area contributed by atoms with E-state index in [1.54, 1.807) is 29.4 Å². The van der Waals surface area contributed by atoms with Gasteiger partial charge in [-0.2, -0.15) is 0 Å². The highest BCUT2D eigenvalue weighted by atomic mass is 35.5. The van der Waals surface area contributed by atoms with E-state index in [1.165, 1.54) is 0 Å². The lowest BCUT2D eigenvalue weighted by Gasteiger charge is -2.31. The number of nitrogens with one attached hydrogen (secondary N) is 1. The lowest BCUT2D eigenvalue weighted by atomic mass is 10.0. The van der Waals surface area contributed by atoms with E-state index >= 15 is 0 Å². The van der Waals surface area contributed by atoms with Gasteiger partial charge in [-0.1, -0.05) is 67.1 Å². The highest BCUT2D eigenvalue weighted by Gasteiger charge is 2.29. The third-order valence-electron chi connectivity index (χ3n) is 5.03. The van der Waals surface area contributed by atoms with Crippen LogP contribution < -0.4 is 5.32 Å². The quantitative estimate of drug-likeness (QED) is 0.541. The highest BCUT2D eigenvalue weighted by molar-refractivity contribution is 6.30. The molecule has 1 unspecified atom stereocenters. The maximum atomic E-state index is 13.3. The second kappa shape index (κ2) is 11.3. The zero-order chi connectivity index (χ0) is 22.1. The summed E-state index contributed by atoms with van der Waals surface area (Å²) >= 11 is 6.01. The molecule has 0 aliphatic heterocycles. The summed E-state index contributed by atoms with van der Waals surface area (Å²) in [6.45, 7) is 2.50. The maximum Gasteiger partial charge on any atom is 0.243 e. The number of carbonyl (C=O) groups excluding carboxylic acids is 2. The van der Waals surface area contributed by atoms with Crippen molar-refractivity contribution in [2.24, 2.45) is 0 Å². The summed E-state index contributed by atoms with van der Waals surface area (Å²) in [7, 11) is 0. The summed E-state index contributed by atoms with van der Waals surface area (Å²) < 4.78 is 0. The number of nitrogens with zero attached hydrogens (tertiary/aromatic N) is 2. The molecule has 0 radical (unpaired) electrons. The minimum Gasteiger partial charge on any atom is -0.350 e. The average molecular weight is 436 g/mol. The van der Waals surface area contributed by atoms with E-state index in [0.29, 0.717) is 31.0 Å². The number of pyridine rings is 1. The topological polar surface area (TPSA) is 62.3 Å². The van der Waals surface area contributed by atoms with Crippen LogP contribution in [0.25, 0.3) is 0 Å². The van der Waals surface area contributed by atoms with E-state index in [1.807, 2.05) is 61.5 Å². The van der Waals surface area contributed by atoms with Crippen molar-refractivity contribution in [2.75, 3.05) is 0 Å². The molecule has 1 heterocycles. The largest absolute Gasteiger partial charge is 0.350 e. The smallest absolute Gasteiger partial charge is 0.243 e. The molecule has 160 valence electrons.